The summed E-state index contributed by atoms with van der Waals surface area (Å²) < 4.78 is 11.3. The SMILES string of the molecule is Cc1ccc(C=NNc2nc3nonc3nc2Nc2ccc(I)cc2)o1. The molecule has 0 aliphatic carbocycles. The topological polar surface area (TPSA) is 114 Å². The van der Waals surface area contributed by atoms with Crippen LogP contribution < -0.4 is 10.7 Å². The highest BCUT2D eigenvalue weighted by Gasteiger charge is 2.12. The third kappa shape index (κ3) is 3.64. The standard InChI is InChI=1S/C16H12IN7O2/c1-9-2-7-12(25-9)8-18-22-14-13(19-11-5-3-10(17)4-6-11)20-15-16(21-14)24-26-23-15/h2-8H,1H3,(H,19,20,23)(H,21,22,24). The van der Waals surface area contributed by atoms with Crippen molar-refractivity contribution in [2.75, 3.05) is 10.7 Å². The first kappa shape index (κ1) is 16.4. The molecule has 0 spiro atoms. The minimum absolute atomic E-state index is 0.282. The lowest BCUT2D eigenvalue weighted by atomic mass is 10.3. The molecule has 0 radical (unpaired) electrons. The van der Waals surface area contributed by atoms with Gasteiger partial charge in [0.2, 0.25) is 11.3 Å². The molecule has 0 atom stereocenters. The average Bonchev–Trinajstić information content (AvgIpc) is 3.25. The molecule has 3 heterocycles. The number of halogens is 1. The van der Waals surface area contributed by atoms with Crippen molar-refractivity contribution in [3.8, 4) is 0 Å². The molecule has 0 saturated carbocycles. The van der Waals surface area contributed by atoms with Crippen molar-refractivity contribution >= 4 is 57.4 Å². The summed E-state index contributed by atoms with van der Waals surface area (Å²) in [5.74, 6) is 2.26. The van der Waals surface area contributed by atoms with Crippen LogP contribution in [0.1, 0.15) is 11.5 Å². The highest BCUT2D eigenvalue weighted by atomic mass is 127. The van der Waals surface area contributed by atoms with E-state index in [1.165, 1.54) is 0 Å². The molecule has 0 amide bonds. The van der Waals surface area contributed by atoms with Gasteiger partial charge in [0.25, 0.3) is 0 Å². The van der Waals surface area contributed by atoms with E-state index in [0.29, 0.717) is 23.0 Å². The van der Waals surface area contributed by atoms with Crippen LogP contribution in [0.2, 0.25) is 0 Å². The Bertz CT molecular complexity index is 1070. The molecule has 0 unspecified atom stereocenters. The molecule has 2 N–H and O–H groups in total. The van der Waals surface area contributed by atoms with Crippen molar-refractivity contribution in [3.05, 3.63) is 51.5 Å². The molecule has 4 aromatic rings. The van der Waals surface area contributed by atoms with Gasteiger partial charge in [0.1, 0.15) is 11.5 Å². The van der Waals surface area contributed by atoms with Gasteiger partial charge in [0.05, 0.1) is 6.21 Å². The van der Waals surface area contributed by atoms with E-state index in [4.69, 9.17) is 4.42 Å². The number of aryl methyl sites for hydroxylation is 1. The van der Waals surface area contributed by atoms with Gasteiger partial charge in [0, 0.05) is 9.26 Å². The molecule has 0 saturated heterocycles. The molecule has 26 heavy (non-hydrogen) atoms. The third-order valence-corrected chi connectivity index (χ3v) is 4.06. The number of hydrogen-bond donors (Lipinski definition) is 2. The zero-order valence-corrected chi connectivity index (χ0v) is 15.6. The van der Waals surface area contributed by atoms with Crippen molar-refractivity contribution in [1.82, 2.24) is 20.3 Å². The minimum Gasteiger partial charge on any atom is -0.460 e. The van der Waals surface area contributed by atoms with Crippen molar-refractivity contribution in [3.63, 3.8) is 0 Å². The molecule has 3 aromatic heterocycles. The largest absolute Gasteiger partial charge is 0.460 e. The second-order valence-corrected chi connectivity index (χ2v) is 6.53. The Kier molecular flexibility index (Phi) is 4.48. The Morgan fingerprint density at radius 2 is 1.73 bits per heavy atom. The number of nitrogens with one attached hydrogen (secondary N) is 2. The van der Waals surface area contributed by atoms with E-state index in [0.717, 1.165) is 15.0 Å². The highest BCUT2D eigenvalue weighted by molar-refractivity contribution is 14.1. The monoisotopic (exact) mass is 461 g/mol. The van der Waals surface area contributed by atoms with Crippen LogP contribution in [0.3, 0.4) is 0 Å². The van der Waals surface area contributed by atoms with E-state index >= 15 is 0 Å². The summed E-state index contributed by atoms with van der Waals surface area (Å²) in [4.78, 5) is 8.72. The fourth-order valence-corrected chi connectivity index (χ4v) is 2.51. The first-order chi connectivity index (χ1) is 12.7. The van der Waals surface area contributed by atoms with Gasteiger partial charge in [-0.2, -0.15) is 10.1 Å². The molecule has 10 heteroatoms. The Labute approximate surface area is 161 Å². The van der Waals surface area contributed by atoms with Crippen molar-refractivity contribution < 1.29 is 9.05 Å². The number of rotatable bonds is 5. The van der Waals surface area contributed by atoms with Crippen LogP contribution >= 0.6 is 22.6 Å². The van der Waals surface area contributed by atoms with Crippen molar-refractivity contribution in [1.29, 1.82) is 0 Å². The van der Waals surface area contributed by atoms with Crippen LogP contribution in [0.15, 0.2) is 50.5 Å². The zero-order chi connectivity index (χ0) is 17.9. The molecular formula is C16H12IN7O2. The molecule has 4 rings (SSSR count). The van der Waals surface area contributed by atoms with Gasteiger partial charge >= 0.3 is 0 Å². The molecule has 130 valence electrons. The summed E-state index contributed by atoms with van der Waals surface area (Å²) in [5, 5.41) is 14.8. The number of hydrogen-bond acceptors (Lipinski definition) is 9. The molecule has 0 aliphatic heterocycles. The van der Waals surface area contributed by atoms with E-state index in [2.05, 4.69) is 63.3 Å². The molecular weight excluding hydrogens is 449 g/mol. The smallest absolute Gasteiger partial charge is 0.245 e. The Morgan fingerprint density at radius 1 is 1.00 bits per heavy atom. The zero-order valence-electron chi connectivity index (χ0n) is 13.5. The summed E-state index contributed by atoms with van der Waals surface area (Å²) in [6, 6.07) is 11.5. The van der Waals surface area contributed by atoms with E-state index in [1.807, 2.05) is 43.3 Å². The van der Waals surface area contributed by atoms with Crippen molar-refractivity contribution in [2.24, 2.45) is 5.10 Å². The normalized spacial score (nSPS) is 11.3. The van der Waals surface area contributed by atoms with Gasteiger partial charge in [-0.3, -0.25) is 5.43 Å². The maximum atomic E-state index is 5.44. The van der Waals surface area contributed by atoms with Gasteiger partial charge in [-0.1, -0.05) is 0 Å². The van der Waals surface area contributed by atoms with Gasteiger partial charge < -0.3 is 9.73 Å². The average molecular weight is 461 g/mol. The van der Waals surface area contributed by atoms with E-state index in [-0.39, 0.29) is 5.65 Å². The molecule has 9 nitrogen and oxygen atoms in total. The lowest BCUT2D eigenvalue weighted by Crippen LogP contribution is -2.03. The second-order valence-electron chi connectivity index (χ2n) is 5.28. The summed E-state index contributed by atoms with van der Waals surface area (Å²) in [6.07, 6.45) is 1.55. The molecule has 1 aromatic carbocycles. The molecule has 0 bridgehead atoms. The maximum Gasteiger partial charge on any atom is 0.245 e. The van der Waals surface area contributed by atoms with E-state index in [9.17, 15) is 0 Å². The Morgan fingerprint density at radius 3 is 2.42 bits per heavy atom. The fourth-order valence-electron chi connectivity index (χ4n) is 2.15. The van der Waals surface area contributed by atoms with Crippen LogP contribution in [0.5, 0.6) is 0 Å². The Balaban J connectivity index is 1.62. The number of anilines is 3. The highest BCUT2D eigenvalue weighted by Crippen LogP contribution is 2.24. The fraction of sp³-hybridized carbons (Fsp3) is 0.0625. The van der Waals surface area contributed by atoms with Crippen LogP contribution in [-0.4, -0.2) is 26.5 Å². The predicted octanol–water partition coefficient (Wildman–Crippen LogP) is 3.71. The first-order valence-electron chi connectivity index (χ1n) is 7.56. The number of fused-ring (bicyclic) bond motifs is 1. The summed E-state index contributed by atoms with van der Waals surface area (Å²) in [6.45, 7) is 1.87. The third-order valence-electron chi connectivity index (χ3n) is 3.34. The maximum absolute atomic E-state index is 5.44. The lowest BCUT2D eigenvalue weighted by molar-refractivity contribution is 0.314. The number of aromatic nitrogens is 4. The van der Waals surface area contributed by atoms with Gasteiger partial charge in [-0.05, 0) is 76.2 Å². The number of furan rings is 1. The molecule has 0 aliphatic rings. The second kappa shape index (κ2) is 7.07. The van der Waals surface area contributed by atoms with Gasteiger partial charge in [-0.25, -0.2) is 9.61 Å². The predicted molar refractivity (Wildman–Crippen MR) is 104 cm³/mol. The van der Waals surface area contributed by atoms with E-state index in [1.54, 1.807) is 6.21 Å². The van der Waals surface area contributed by atoms with Crippen LogP contribution in [0.25, 0.3) is 11.3 Å². The molecule has 0 fully saturated rings. The van der Waals surface area contributed by atoms with E-state index < -0.39 is 0 Å². The van der Waals surface area contributed by atoms with Gasteiger partial charge in [-0.15, -0.1) is 0 Å². The number of nitrogens with zero attached hydrogens (tertiary/aromatic N) is 5. The minimum atomic E-state index is 0.282. The lowest BCUT2D eigenvalue weighted by Gasteiger charge is -2.09. The van der Waals surface area contributed by atoms with Crippen LogP contribution in [0.4, 0.5) is 17.3 Å². The summed E-state index contributed by atoms with van der Waals surface area (Å²) in [5.41, 5.74) is 4.28. The van der Waals surface area contributed by atoms with Gasteiger partial charge in [0.15, 0.2) is 11.6 Å². The summed E-state index contributed by atoms with van der Waals surface area (Å²) in [7, 11) is 0. The quantitative estimate of drug-likeness (QED) is 0.263. The van der Waals surface area contributed by atoms with Crippen molar-refractivity contribution in [2.45, 2.75) is 6.92 Å². The first-order valence-corrected chi connectivity index (χ1v) is 8.64. The summed E-state index contributed by atoms with van der Waals surface area (Å²) >= 11 is 2.24. The Hall–Kier alpha value is -3.02. The van der Waals surface area contributed by atoms with Crippen LogP contribution in [0, 0.1) is 10.5 Å². The van der Waals surface area contributed by atoms with Crippen LogP contribution in [-0.2, 0) is 0 Å². The number of benzene rings is 1. The number of hydrazone groups is 1.